The summed E-state index contributed by atoms with van der Waals surface area (Å²) in [5.41, 5.74) is 3.93. The van der Waals surface area contributed by atoms with E-state index in [1.54, 1.807) is 0 Å². The zero-order valence-electron chi connectivity index (χ0n) is 17.6. The van der Waals surface area contributed by atoms with Crippen LogP contribution >= 0.6 is 24.0 Å². The summed E-state index contributed by atoms with van der Waals surface area (Å²) in [4.78, 5) is 11.5. The van der Waals surface area contributed by atoms with Crippen LogP contribution in [0, 0.1) is 13.8 Å². The molecule has 1 aliphatic carbocycles. The highest BCUT2D eigenvalue weighted by Gasteiger charge is 2.39. The smallest absolute Gasteiger partial charge is 0.191 e. The molecule has 1 aromatic carbocycles. The first-order valence-electron chi connectivity index (χ1n) is 10.4. The van der Waals surface area contributed by atoms with Crippen LogP contribution in [0.4, 0.5) is 5.82 Å². The van der Waals surface area contributed by atoms with Crippen molar-refractivity contribution in [2.75, 3.05) is 25.0 Å². The summed E-state index contributed by atoms with van der Waals surface area (Å²) < 4.78 is 0. The van der Waals surface area contributed by atoms with Gasteiger partial charge in [0.05, 0.1) is 0 Å². The zero-order valence-corrected chi connectivity index (χ0v) is 19.9. The molecule has 2 aliphatic rings. The molecule has 2 unspecified atom stereocenters. The molecule has 0 amide bonds. The first-order chi connectivity index (χ1) is 13.6. The number of benzene rings is 1. The van der Waals surface area contributed by atoms with E-state index >= 15 is 0 Å². The number of anilines is 1. The fraction of sp³-hybridized carbons (Fsp3) is 0.478. The van der Waals surface area contributed by atoms with Gasteiger partial charge in [0.25, 0.3) is 0 Å². The van der Waals surface area contributed by atoms with Gasteiger partial charge < -0.3 is 15.5 Å². The van der Waals surface area contributed by atoms with E-state index < -0.39 is 0 Å². The molecule has 6 heteroatoms. The van der Waals surface area contributed by atoms with Gasteiger partial charge >= 0.3 is 0 Å². The maximum absolute atomic E-state index is 4.66. The standard InChI is InChI=1S/C23H31N5.HI/c1-16-7-4-5-9-19(16)20-15-21(20)27-23(24-3)26-18-11-13-28(14-12-18)22-10-6-8-17(2)25-22;/h4-10,18,20-21H,11-15H2,1-3H3,(H2,24,26,27);1H. The summed E-state index contributed by atoms with van der Waals surface area (Å²) in [5, 5.41) is 7.27. The Bertz CT molecular complexity index is 845. The molecule has 5 nitrogen and oxygen atoms in total. The second kappa shape index (κ2) is 9.78. The largest absolute Gasteiger partial charge is 0.356 e. The quantitative estimate of drug-likeness (QED) is 0.375. The van der Waals surface area contributed by atoms with E-state index in [2.05, 4.69) is 81.8 Å². The Morgan fingerprint density at radius 2 is 1.79 bits per heavy atom. The van der Waals surface area contributed by atoms with E-state index in [1.165, 1.54) is 17.5 Å². The average molecular weight is 505 g/mol. The molecule has 2 aromatic rings. The lowest BCUT2D eigenvalue weighted by Crippen LogP contribution is -2.49. The van der Waals surface area contributed by atoms with Crippen molar-refractivity contribution in [3.8, 4) is 0 Å². The van der Waals surface area contributed by atoms with Gasteiger partial charge in [0.15, 0.2) is 5.96 Å². The predicted molar refractivity (Wildman–Crippen MR) is 132 cm³/mol. The molecule has 0 spiro atoms. The van der Waals surface area contributed by atoms with E-state index in [9.17, 15) is 0 Å². The number of halogens is 1. The van der Waals surface area contributed by atoms with Gasteiger partial charge in [-0.1, -0.05) is 30.3 Å². The Kier molecular flexibility index (Phi) is 7.38. The minimum Gasteiger partial charge on any atom is -0.356 e. The zero-order chi connectivity index (χ0) is 19.5. The number of aryl methyl sites for hydroxylation is 2. The topological polar surface area (TPSA) is 52.6 Å². The van der Waals surface area contributed by atoms with Crippen molar-refractivity contribution in [1.82, 2.24) is 15.6 Å². The minimum atomic E-state index is 0. The third-order valence-electron chi connectivity index (χ3n) is 5.96. The molecule has 2 fully saturated rings. The third kappa shape index (κ3) is 5.41. The van der Waals surface area contributed by atoms with Gasteiger partial charge in [0.2, 0.25) is 0 Å². The van der Waals surface area contributed by atoms with Gasteiger partial charge in [-0.2, -0.15) is 0 Å². The van der Waals surface area contributed by atoms with Crippen molar-refractivity contribution in [2.45, 2.75) is 51.1 Å². The number of hydrogen-bond donors (Lipinski definition) is 2. The highest BCUT2D eigenvalue weighted by atomic mass is 127. The summed E-state index contributed by atoms with van der Waals surface area (Å²) in [7, 11) is 1.87. The second-order valence-corrected chi connectivity index (χ2v) is 8.06. The second-order valence-electron chi connectivity index (χ2n) is 8.06. The maximum atomic E-state index is 4.66. The Morgan fingerprint density at radius 3 is 2.48 bits per heavy atom. The number of aliphatic imine (C=N–C) groups is 1. The van der Waals surface area contributed by atoms with Gasteiger partial charge in [0.1, 0.15) is 5.82 Å². The van der Waals surface area contributed by atoms with Crippen molar-refractivity contribution in [1.29, 1.82) is 0 Å². The van der Waals surface area contributed by atoms with Gasteiger partial charge in [-0.25, -0.2) is 4.98 Å². The highest BCUT2D eigenvalue weighted by Crippen LogP contribution is 2.42. The van der Waals surface area contributed by atoms with Crippen LogP contribution in [-0.4, -0.2) is 43.2 Å². The van der Waals surface area contributed by atoms with Crippen LogP contribution in [0.1, 0.15) is 42.0 Å². The number of pyridine rings is 1. The number of nitrogens with zero attached hydrogens (tertiary/aromatic N) is 3. The Hall–Kier alpha value is -1.83. The molecule has 0 radical (unpaired) electrons. The number of guanidine groups is 1. The molecule has 4 rings (SSSR count). The van der Waals surface area contributed by atoms with Crippen LogP contribution < -0.4 is 15.5 Å². The van der Waals surface area contributed by atoms with Crippen LogP contribution in [-0.2, 0) is 0 Å². The lowest BCUT2D eigenvalue weighted by atomic mass is 10.0. The van der Waals surface area contributed by atoms with Crippen LogP contribution in [0.2, 0.25) is 0 Å². The molecule has 29 heavy (non-hydrogen) atoms. The molecule has 0 bridgehead atoms. The monoisotopic (exact) mass is 505 g/mol. The first kappa shape index (κ1) is 21.9. The highest BCUT2D eigenvalue weighted by molar-refractivity contribution is 14.0. The van der Waals surface area contributed by atoms with Crippen molar-refractivity contribution >= 4 is 35.8 Å². The van der Waals surface area contributed by atoms with Crippen LogP contribution in [0.5, 0.6) is 0 Å². The van der Waals surface area contributed by atoms with Crippen LogP contribution in [0.25, 0.3) is 0 Å². The Balaban J connectivity index is 0.00000240. The van der Waals surface area contributed by atoms with Gasteiger partial charge in [-0.15, -0.1) is 24.0 Å². The molecule has 156 valence electrons. The van der Waals surface area contributed by atoms with E-state index in [4.69, 9.17) is 0 Å². The molecule has 1 saturated heterocycles. The minimum absolute atomic E-state index is 0. The van der Waals surface area contributed by atoms with Crippen molar-refractivity contribution in [2.24, 2.45) is 4.99 Å². The summed E-state index contributed by atoms with van der Waals surface area (Å²) in [6.45, 7) is 6.31. The number of hydrogen-bond acceptors (Lipinski definition) is 3. The molecule has 2 atom stereocenters. The maximum Gasteiger partial charge on any atom is 0.191 e. The molecular formula is C23H32IN5. The summed E-state index contributed by atoms with van der Waals surface area (Å²) in [6.07, 6.45) is 3.38. The van der Waals surface area contributed by atoms with Crippen molar-refractivity contribution < 1.29 is 0 Å². The van der Waals surface area contributed by atoms with Gasteiger partial charge in [0, 0.05) is 43.8 Å². The normalized spacial score (nSPS) is 22.0. The molecule has 2 N–H and O–H groups in total. The first-order valence-corrected chi connectivity index (χ1v) is 10.4. The third-order valence-corrected chi connectivity index (χ3v) is 5.96. The molecular weight excluding hydrogens is 473 g/mol. The number of rotatable bonds is 4. The number of nitrogens with one attached hydrogen (secondary N) is 2. The van der Waals surface area contributed by atoms with E-state index in [-0.39, 0.29) is 24.0 Å². The van der Waals surface area contributed by atoms with Crippen LogP contribution in [0.15, 0.2) is 47.5 Å². The predicted octanol–water partition coefficient (Wildman–Crippen LogP) is 4.01. The van der Waals surface area contributed by atoms with Gasteiger partial charge in [-0.05, 0) is 56.4 Å². The SMILES string of the molecule is CN=C(NC1CCN(c2cccc(C)n2)CC1)NC1CC1c1ccccc1C.I. The number of piperidine rings is 1. The average Bonchev–Trinajstić information content (AvgIpc) is 3.47. The van der Waals surface area contributed by atoms with E-state index in [1.807, 2.05) is 7.05 Å². The van der Waals surface area contributed by atoms with Crippen molar-refractivity contribution in [3.05, 3.63) is 59.3 Å². The van der Waals surface area contributed by atoms with Crippen LogP contribution in [0.3, 0.4) is 0 Å². The molecule has 1 saturated carbocycles. The Morgan fingerprint density at radius 1 is 1.03 bits per heavy atom. The summed E-state index contributed by atoms with van der Waals surface area (Å²) >= 11 is 0. The summed E-state index contributed by atoms with van der Waals surface area (Å²) in [5.74, 6) is 2.64. The fourth-order valence-electron chi connectivity index (χ4n) is 4.20. The number of aromatic nitrogens is 1. The van der Waals surface area contributed by atoms with Crippen molar-refractivity contribution in [3.63, 3.8) is 0 Å². The summed E-state index contributed by atoms with van der Waals surface area (Å²) in [6, 6.07) is 15.9. The molecule has 1 aliphatic heterocycles. The molecule has 2 heterocycles. The fourth-order valence-corrected chi connectivity index (χ4v) is 4.20. The lowest BCUT2D eigenvalue weighted by molar-refractivity contribution is 0.459. The lowest BCUT2D eigenvalue weighted by Gasteiger charge is -2.34. The van der Waals surface area contributed by atoms with Gasteiger partial charge in [-0.3, -0.25) is 4.99 Å². The molecule has 1 aromatic heterocycles. The van der Waals surface area contributed by atoms with E-state index in [0.29, 0.717) is 18.0 Å². The van der Waals surface area contributed by atoms with E-state index in [0.717, 1.165) is 43.4 Å². The Labute approximate surface area is 191 Å².